The predicted molar refractivity (Wildman–Crippen MR) is 60.2 cm³/mol. The highest BCUT2D eigenvalue weighted by Gasteiger charge is 2.22. The van der Waals surface area contributed by atoms with Crippen LogP contribution in [0.15, 0.2) is 18.3 Å². The van der Waals surface area contributed by atoms with Crippen molar-refractivity contribution >= 4 is 11.7 Å². The number of carboxylic acids is 1. The van der Waals surface area contributed by atoms with Crippen molar-refractivity contribution in [3.8, 4) is 0 Å². The SMILES string of the molecule is O=C(O)c1ccc(N2CCOCC2CO)cn1. The molecule has 0 spiro atoms. The maximum absolute atomic E-state index is 10.7. The molecule has 0 amide bonds. The molecule has 6 nitrogen and oxygen atoms in total. The lowest BCUT2D eigenvalue weighted by atomic mass is 10.2. The van der Waals surface area contributed by atoms with E-state index in [2.05, 4.69) is 4.98 Å². The number of hydrogen-bond acceptors (Lipinski definition) is 5. The topological polar surface area (TPSA) is 82.9 Å². The van der Waals surface area contributed by atoms with E-state index < -0.39 is 5.97 Å². The summed E-state index contributed by atoms with van der Waals surface area (Å²) < 4.78 is 5.27. The zero-order chi connectivity index (χ0) is 12.3. The van der Waals surface area contributed by atoms with E-state index in [1.165, 1.54) is 12.3 Å². The standard InChI is InChI=1S/C11H14N2O4/c14-6-9-7-17-4-3-13(9)8-1-2-10(11(15)16)12-5-8/h1-2,5,9,14H,3-4,6-7H2,(H,15,16). The monoisotopic (exact) mass is 238 g/mol. The van der Waals surface area contributed by atoms with Crippen LogP contribution in [0.25, 0.3) is 0 Å². The summed E-state index contributed by atoms with van der Waals surface area (Å²) in [4.78, 5) is 16.5. The van der Waals surface area contributed by atoms with Crippen LogP contribution in [-0.4, -0.2) is 53.6 Å². The average molecular weight is 238 g/mol. The molecule has 17 heavy (non-hydrogen) atoms. The van der Waals surface area contributed by atoms with Crippen LogP contribution in [0, 0.1) is 0 Å². The van der Waals surface area contributed by atoms with Gasteiger partial charge in [0.1, 0.15) is 5.69 Å². The molecule has 2 rings (SSSR count). The van der Waals surface area contributed by atoms with Gasteiger partial charge in [-0.3, -0.25) is 0 Å². The summed E-state index contributed by atoms with van der Waals surface area (Å²) in [5.41, 5.74) is 0.819. The number of carbonyl (C=O) groups is 1. The Balaban J connectivity index is 2.17. The summed E-state index contributed by atoms with van der Waals surface area (Å²) in [6, 6.07) is 3.06. The van der Waals surface area contributed by atoms with Crippen LogP contribution in [0.1, 0.15) is 10.5 Å². The largest absolute Gasteiger partial charge is 0.477 e. The second kappa shape index (κ2) is 5.11. The molecule has 0 aliphatic carbocycles. The highest BCUT2D eigenvalue weighted by molar-refractivity contribution is 5.85. The van der Waals surface area contributed by atoms with Gasteiger partial charge < -0.3 is 19.8 Å². The van der Waals surface area contributed by atoms with Crippen molar-refractivity contribution in [1.82, 2.24) is 4.98 Å². The smallest absolute Gasteiger partial charge is 0.354 e. The summed E-state index contributed by atoms with van der Waals surface area (Å²) in [6.45, 7) is 1.73. The van der Waals surface area contributed by atoms with Gasteiger partial charge >= 0.3 is 5.97 Å². The Labute approximate surface area is 98.5 Å². The molecule has 0 saturated carbocycles. The van der Waals surface area contributed by atoms with Gasteiger partial charge in [0, 0.05) is 6.54 Å². The summed E-state index contributed by atoms with van der Waals surface area (Å²) >= 11 is 0. The van der Waals surface area contributed by atoms with E-state index in [1.54, 1.807) is 6.07 Å². The number of aliphatic hydroxyl groups is 1. The molecule has 1 atom stereocenters. The average Bonchev–Trinajstić information content (AvgIpc) is 2.39. The minimum absolute atomic E-state index is 0.000677. The van der Waals surface area contributed by atoms with Crippen molar-refractivity contribution < 1.29 is 19.7 Å². The van der Waals surface area contributed by atoms with Crippen LogP contribution in [0.3, 0.4) is 0 Å². The van der Waals surface area contributed by atoms with E-state index in [-0.39, 0.29) is 18.3 Å². The van der Waals surface area contributed by atoms with Gasteiger partial charge in [0.15, 0.2) is 0 Å². The van der Waals surface area contributed by atoms with E-state index in [0.29, 0.717) is 19.8 Å². The number of ether oxygens (including phenoxy) is 1. The fourth-order valence-corrected chi connectivity index (χ4v) is 1.83. The number of hydrogen-bond donors (Lipinski definition) is 2. The summed E-state index contributed by atoms with van der Waals surface area (Å²) in [5, 5.41) is 18.0. The van der Waals surface area contributed by atoms with E-state index in [9.17, 15) is 9.90 Å². The normalized spacial score (nSPS) is 20.3. The van der Waals surface area contributed by atoms with Gasteiger partial charge in [0.25, 0.3) is 0 Å². The fourth-order valence-electron chi connectivity index (χ4n) is 1.83. The van der Waals surface area contributed by atoms with Crippen LogP contribution in [0.4, 0.5) is 5.69 Å². The van der Waals surface area contributed by atoms with Crippen molar-refractivity contribution in [3.05, 3.63) is 24.0 Å². The molecule has 1 unspecified atom stereocenters. The second-order valence-electron chi connectivity index (χ2n) is 3.81. The first-order chi connectivity index (χ1) is 8.22. The molecule has 0 bridgehead atoms. The maximum Gasteiger partial charge on any atom is 0.354 e. The molecular formula is C11H14N2O4. The van der Waals surface area contributed by atoms with Crippen molar-refractivity contribution in [2.24, 2.45) is 0 Å². The van der Waals surface area contributed by atoms with Gasteiger partial charge in [-0.25, -0.2) is 9.78 Å². The first-order valence-corrected chi connectivity index (χ1v) is 5.37. The summed E-state index contributed by atoms with van der Waals surface area (Å²) in [7, 11) is 0. The number of nitrogens with zero attached hydrogens (tertiary/aromatic N) is 2. The van der Waals surface area contributed by atoms with Crippen LogP contribution in [-0.2, 0) is 4.74 Å². The second-order valence-corrected chi connectivity index (χ2v) is 3.81. The summed E-state index contributed by atoms with van der Waals surface area (Å²) in [5.74, 6) is -1.04. The molecule has 1 aliphatic heterocycles. The number of aromatic nitrogens is 1. The molecule has 2 heterocycles. The first kappa shape index (κ1) is 11.8. The molecule has 92 valence electrons. The molecule has 2 N–H and O–H groups in total. The van der Waals surface area contributed by atoms with E-state index >= 15 is 0 Å². The molecule has 6 heteroatoms. The number of aliphatic hydroxyl groups excluding tert-OH is 1. The van der Waals surface area contributed by atoms with Gasteiger partial charge in [-0.05, 0) is 12.1 Å². The van der Waals surface area contributed by atoms with E-state index in [0.717, 1.165) is 5.69 Å². The molecule has 1 aliphatic rings. The molecule has 0 radical (unpaired) electrons. The number of anilines is 1. The Morgan fingerprint density at radius 3 is 3.00 bits per heavy atom. The minimum atomic E-state index is -1.04. The van der Waals surface area contributed by atoms with Crippen LogP contribution < -0.4 is 4.90 Å². The Hall–Kier alpha value is -1.66. The Kier molecular flexibility index (Phi) is 3.55. The Morgan fingerprint density at radius 2 is 2.41 bits per heavy atom. The van der Waals surface area contributed by atoms with Gasteiger partial charge in [-0.2, -0.15) is 0 Å². The number of rotatable bonds is 3. The molecule has 1 saturated heterocycles. The minimum Gasteiger partial charge on any atom is -0.477 e. The first-order valence-electron chi connectivity index (χ1n) is 5.37. The zero-order valence-corrected chi connectivity index (χ0v) is 9.24. The molecule has 1 fully saturated rings. The quantitative estimate of drug-likeness (QED) is 0.770. The van der Waals surface area contributed by atoms with Gasteiger partial charge in [-0.15, -0.1) is 0 Å². The van der Waals surface area contributed by atoms with Crippen LogP contribution >= 0.6 is 0 Å². The van der Waals surface area contributed by atoms with Crippen molar-refractivity contribution in [2.75, 3.05) is 31.3 Å². The number of aromatic carboxylic acids is 1. The third-order valence-corrected chi connectivity index (χ3v) is 2.74. The lowest BCUT2D eigenvalue weighted by Gasteiger charge is -2.36. The Bertz CT molecular complexity index is 393. The number of morpholine rings is 1. The van der Waals surface area contributed by atoms with Crippen LogP contribution in [0.5, 0.6) is 0 Å². The molecular weight excluding hydrogens is 224 g/mol. The summed E-state index contributed by atoms with van der Waals surface area (Å²) in [6.07, 6.45) is 1.51. The zero-order valence-electron chi connectivity index (χ0n) is 9.24. The van der Waals surface area contributed by atoms with Crippen molar-refractivity contribution in [3.63, 3.8) is 0 Å². The van der Waals surface area contributed by atoms with Crippen molar-refractivity contribution in [1.29, 1.82) is 0 Å². The number of carboxylic acid groups (broad SMARTS) is 1. The predicted octanol–water partition coefficient (Wildman–Crippen LogP) is -0.0227. The molecule has 1 aromatic heterocycles. The van der Waals surface area contributed by atoms with Gasteiger partial charge in [0.05, 0.1) is 37.7 Å². The van der Waals surface area contributed by atoms with E-state index in [1.807, 2.05) is 4.90 Å². The van der Waals surface area contributed by atoms with Gasteiger partial charge in [0.2, 0.25) is 0 Å². The lowest BCUT2D eigenvalue weighted by molar-refractivity contribution is 0.0688. The third-order valence-electron chi connectivity index (χ3n) is 2.74. The molecule has 1 aromatic rings. The van der Waals surface area contributed by atoms with Crippen molar-refractivity contribution in [2.45, 2.75) is 6.04 Å². The Morgan fingerprint density at radius 1 is 1.59 bits per heavy atom. The van der Waals surface area contributed by atoms with Crippen LogP contribution in [0.2, 0.25) is 0 Å². The molecule has 0 aromatic carbocycles. The maximum atomic E-state index is 10.7. The fraction of sp³-hybridized carbons (Fsp3) is 0.455. The highest BCUT2D eigenvalue weighted by atomic mass is 16.5. The lowest BCUT2D eigenvalue weighted by Crippen LogP contribution is -2.47. The van der Waals surface area contributed by atoms with Gasteiger partial charge in [-0.1, -0.05) is 0 Å². The third kappa shape index (κ3) is 2.54. The highest BCUT2D eigenvalue weighted by Crippen LogP contribution is 2.18. The number of pyridine rings is 1. The van der Waals surface area contributed by atoms with E-state index in [4.69, 9.17) is 9.84 Å².